The Hall–Kier alpha value is -3.15. The van der Waals surface area contributed by atoms with Gasteiger partial charge in [0, 0.05) is 18.6 Å². The molecule has 2 N–H and O–H groups in total. The number of nitrogens with zero attached hydrogens (tertiary/aromatic N) is 2. The molecule has 3 aromatic rings. The number of nitrogens with one attached hydrogen (secondary N) is 2. The number of hydrogen-bond donors (Lipinski definition) is 2. The van der Waals surface area contributed by atoms with Crippen molar-refractivity contribution in [2.24, 2.45) is 5.10 Å². The number of aromatic amines is 1. The summed E-state index contributed by atoms with van der Waals surface area (Å²) < 4.78 is 6.23. The van der Waals surface area contributed by atoms with Crippen LogP contribution in [0.15, 0.2) is 69.1 Å². The highest BCUT2D eigenvalue weighted by atomic mass is 16.5. The van der Waals surface area contributed by atoms with Crippen LogP contribution in [0.2, 0.25) is 0 Å². The highest BCUT2D eigenvalue weighted by Gasteiger charge is 2.22. The van der Waals surface area contributed by atoms with Gasteiger partial charge in [0.1, 0.15) is 0 Å². The molecular weight excluding hydrogens is 328 g/mol. The highest BCUT2D eigenvalue weighted by Crippen LogP contribution is 2.26. The molecule has 0 spiro atoms. The molecule has 132 valence electrons. The van der Waals surface area contributed by atoms with Crippen molar-refractivity contribution in [3.05, 3.63) is 81.8 Å². The lowest BCUT2D eigenvalue weighted by Crippen LogP contribution is -2.32. The lowest BCUT2D eigenvalue weighted by Gasteiger charge is -2.12. The summed E-state index contributed by atoms with van der Waals surface area (Å²) in [5.41, 5.74) is 8.34. The quantitative estimate of drug-likeness (QED) is 0.711. The second-order valence-electron chi connectivity index (χ2n) is 6.82. The molecule has 0 aliphatic carbocycles. The highest BCUT2D eigenvalue weighted by molar-refractivity contribution is 6.01. The van der Waals surface area contributed by atoms with E-state index in [1.807, 2.05) is 24.3 Å². The summed E-state index contributed by atoms with van der Waals surface area (Å²) in [6.07, 6.45) is 2.20. The minimum atomic E-state index is -0.412. The molecule has 0 saturated heterocycles. The first-order valence-corrected chi connectivity index (χ1v) is 8.73. The Morgan fingerprint density at radius 3 is 2.46 bits per heavy atom. The predicted molar refractivity (Wildman–Crippen MR) is 98.4 cm³/mol. The Kier molecular flexibility index (Phi) is 4.16. The molecule has 0 saturated carbocycles. The van der Waals surface area contributed by atoms with Crippen LogP contribution < -0.4 is 15.7 Å². The van der Waals surface area contributed by atoms with Crippen molar-refractivity contribution < 1.29 is 9.20 Å². The number of benzene rings is 2. The van der Waals surface area contributed by atoms with E-state index in [-0.39, 0.29) is 6.04 Å². The van der Waals surface area contributed by atoms with Gasteiger partial charge < -0.3 is 5.43 Å². The minimum Gasteiger partial charge on any atom is -0.302 e. The summed E-state index contributed by atoms with van der Waals surface area (Å²) >= 11 is 0. The number of aromatic nitrogens is 2. The Labute approximate surface area is 151 Å². The zero-order chi connectivity index (χ0) is 18.1. The summed E-state index contributed by atoms with van der Waals surface area (Å²) in [5, 5.41) is 7.05. The maximum atomic E-state index is 11.1. The lowest BCUT2D eigenvalue weighted by molar-refractivity contribution is -0.670. The average molecular weight is 349 g/mol. The van der Waals surface area contributed by atoms with E-state index in [0.29, 0.717) is 5.92 Å². The number of hydrogen-bond acceptors (Lipinski definition) is 4. The molecule has 2 aromatic carbocycles. The molecular formula is C20H21N4O2+. The molecule has 0 fully saturated rings. The van der Waals surface area contributed by atoms with Crippen LogP contribution in [0.1, 0.15) is 48.9 Å². The van der Waals surface area contributed by atoms with E-state index >= 15 is 0 Å². The normalized spacial score (nSPS) is 16.6. The molecule has 1 atom stereocenters. The van der Waals surface area contributed by atoms with Crippen molar-refractivity contribution in [1.29, 1.82) is 0 Å². The zero-order valence-electron chi connectivity index (χ0n) is 14.8. The Balaban J connectivity index is 1.47. The third kappa shape index (κ3) is 3.18. The first-order chi connectivity index (χ1) is 12.6. The van der Waals surface area contributed by atoms with Gasteiger partial charge in [-0.05, 0) is 44.7 Å². The summed E-state index contributed by atoms with van der Waals surface area (Å²) in [6.45, 7) is 4.40. The van der Waals surface area contributed by atoms with Crippen molar-refractivity contribution >= 4 is 5.71 Å². The van der Waals surface area contributed by atoms with Crippen LogP contribution in [0.25, 0.3) is 5.69 Å². The van der Waals surface area contributed by atoms with E-state index in [9.17, 15) is 4.79 Å². The van der Waals surface area contributed by atoms with Gasteiger partial charge in [-0.15, -0.1) is 0 Å². The molecule has 0 bridgehead atoms. The Bertz CT molecular complexity index is 982. The summed E-state index contributed by atoms with van der Waals surface area (Å²) in [4.78, 5) is 11.1. The molecule has 6 nitrogen and oxygen atoms in total. The van der Waals surface area contributed by atoms with Crippen LogP contribution in [0.3, 0.4) is 0 Å². The average Bonchev–Trinajstić information content (AvgIpc) is 3.31. The van der Waals surface area contributed by atoms with Crippen LogP contribution in [0, 0.1) is 0 Å². The van der Waals surface area contributed by atoms with Gasteiger partial charge in [0.25, 0.3) is 6.20 Å². The number of hydrazone groups is 1. The standard InChI is InChI=1S/C20H20N4O2/c1-13(2)14-3-5-15(6-4-14)18-11-19(22-21-18)16-7-9-17(10-8-16)24-12-20(25)26-23-24/h3-10,12-13,18H,11H2,1-2H3,(H-,21,23,25)/p+1. The monoisotopic (exact) mass is 349 g/mol. The van der Waals surface area contributed by atoms with Gasteiger partial charge in [0.15, 0.2) is 0 Å². The fourth-order valence-corrected chi connectivity index (χ4v) is 3.12. The number of H-pyrrole nitrogens is 1. The smallest absolute Gasteiger partial charge is 0.302 e. The molecule has 1 aliphatic rings. The van der Waals surface area contributed by atoms with Gasteiger partial charge in [-0.3, -0.25) is 4.52 Å². The van der Waals surface area contributed by atoms with Gasteiger partial charge >= 0.3 is 5.63 Å². The maximum absolute atomic E-state index is 11.1. The van der Waals surface area contributed by atoms with Crippen LogP contribution in [0.4, 0.5) is 0 Å². The Morgan fingerprint density at radius 1 is 1.12 bits per heavy atom. The van der Waals surface area contributed by atoms with Gasteiger partial charge in [-0.1, -0.05) is 38.1 Å². The lowest BCUT2D eigenvalue weighted by atomic mass is 9.96. The molecule has 4 rings (SSSR count). The fraction of sp³-hybridized carbons (Fsp3) is 0.250. The van der Waals surface area contributed by atoms with E-state index in [4.69, 9.17) is 0 Å². The first-order valence-electron chi connectivity index (χ1n) is 8.73. The van der Waals surface area contributed by atoms with E-state index < -0.39 is 5.63 Å². The van der Waals surface area contributed by atoms with Crippen LogP contribution in [0.5, 0.6) is 0 Å². The van der Waals surface area contributed by atoms with Gasteiger partial charge in [-0.25, -0.2) is 4.79 Å². The van der Waals surface area contributed by atoms with Crippen molar-refractivity contribution in [2.45, 2.75) is 32.2 Å². The minimum absolute atomic E-state index is 0.200. The van der Waals surface area contributed by atoms with Crippen LogP contribution in [-0.4, -0.2) is 11.0 Å². The zero-order valence-corrected chi connectivity index (χ0v) is 14.8. The molecule has 0 amide bonds. The summed E-state index contributed by atoms with van der Waals surface area (Å²) in [6, 6.07) is 16.8. The van der Waals surface area contributed by atoms with E-state index in [1.54, 1.807) is 4.68 Å². The SMILES string of the molecule is CC(C)c1ccc(C2CC(c3ccc(-[n+]4cc(=O)o[nH]4)cc3)=NN2)cc1. The van der Waals surface area contributed by atoms with Crippen molar-refractivity contribution in [2.75, 3.05) is 0 Å². The molecule has 1 unspecified atom stereocenters. The molecule has 0 radical (unpaired) electrons. The molecule has 2 heterocycles. The summed E-state index contributed by atoms with van der Waals surface area (Å²) in [5.74, 6) is 0.536. The number of rotatable bonds is 4. The van der Waals surface area contributed by atoms with Crippen LogP contribution in [-0.2, 0) is 0 Å². The largest absolute Gasteiger partial charge is 0.427 e. The first kappa shape index (κ1) is 16.3. The van der Waals surface area contributed by atoms with E-state index in [1.165, 1.54) is 17.3 Å². The van der Waals surface area contributed by atoms with Gasteiger partial charge in [-0.2, -0.15) is 5.10 Å². The fourth-order valence-electron chi connectivity index (χ4n) is 3.12. The summed E-state index contributed by atoms with van der Waals surface area (Å²) in [7, 11) is 0. The molecule has 26 heavy (non-hydrogen) atoms. The maximum Gasteiger partial charge on any atom is 0.427 e. The van der Waals surface area contributed by atoms with Crippen LogP contribution >= 0.6 is 0 Å². The third-order valence-electron chi connectivity index (χ3n) is 4.72. The second kappa shape index (κ2) is 6.63. The predicted octanol–water partition coefficient (Wildman–Crippen LogP) is 2.81. The third-order valence-corrected chi connectivity index (χ3v) is 4.72. The second-order valence-corrected chi connectivity index (χ2v) is 6.82. The van der Waals surface area contributed by atoms with Crippen molar-refractivity contribution in [3.8, 4) is 5.69 Å². The molecule has 1 aliphatic heterocycles. The Morgan fingerprint density at radius 2 is 1.85 bits per heavy atom. The van der Waals surface area contributed by atoms with Gasteiger partial charge in [0.05, 0.1) is 11.8 Å². The molecule has 1 aromatic heterocycles. The topological polar surface area (TPSA) is 74.3 Å². The van der Waals surface area contributed by atoms with Crippen molar-refractivity contribution in [3.63, 3.8) is 0 Å². The van der Waals surface area contributed by atoms with Crippen molar-refractivity contribution in [1.82, 2.24) is 10.7 Å². The molecule has 6 heteroatoms. The van der Waals surface area contributed by atoms with E-state index in [2.05, 4.69) is 58.4 Å². The van der Waals surface area contributed by atoms with E-state index in [0.717, 1.165) is 23.4 Å². The van der Waals surface area contributed by atoms with Gasteiger partial charge in [0.2, 0.25) is 5.69 Å².